The number of pyridine rings is 1. The second-order valence-electron chi connectivity index (χ2n) is 4.65. The maximum Gasteiger partial charge on any atom is 0.339 e. The first-order valence-corrected chi connectivity index (χ1v) is 7.44. The molecule has 6 heteroatoms. The van der Waals surface area contributed by atoms with Crippen LogP contribution in [0.25, 0.3) is 10.9 Å². The van der Waals surface area contributed by atoms with Gasteiger partial charge in [0.05, 0.1) is 11.1 Å². The Kier molecular flexibility index (Phi) is 5.33. The van der Waals surface area contributed by atoms with Crippen LogP contribution in [-0.4, -0.2) is 41.5 Å². The Morgan fingerprint density at radius 1 is 1.23 bits per heavy atom. The molecule has 1 aromatic carbocycles. The molecule has 0 atom stereocenters. The third kappa shape index (κ3) is 3.54. The zero-order chi connectivity index (χ0) is 16.1. The molecule has 0 aliphatic heterocycles. The largest absolute Gasteiger partial charge is 0.452 e. The van der Waals surface area contributed by atoms with Crippen molar-refractivity contribution in [1.29, 1.82) is 0 Å². The Bertz CT molecular complexity index is 699. The summed E-state index contributed by atoms with van der Waals surface area (Å²) in [4.78, 5) is 29.9. The molecule has 0 aliphatic carbocycles. The molecule has 116 valence electrons. The van der Waals surface area contributed by atoms with E-state index in [1.165, 1.54) is 6.07 Å². The molecule has 2 rings (SSSR count). The second kappa shape index (κ2) is 7.22. The summed E-state index contributed by atoms with van der Waals surface area (Å²) in [7, 11) is 0. The smallest absolute Gasteiger partial charge is 0.339 e. The standard InChI is InChI=1S/C16H17ClN2O3/c1-3-19(4-2)15(20)10-22-16(21)12-9-14(17)18-13-8-6-5-7-11(12)13/h5-9H,3-4,10H2,1-2H3. The van der Waals surface area contributed by atoms with Crippen molar-refractivity contribution in [2.45, 2.75) is 13.8 Å². The number of fused-ring (bicyclic) bond motifs is 1. The van der Waals surface area contributed by atoms with Crippen LogP contribution in [0.15, 0.2) is 30.3 Å². The Morgan fingerprint density at radius 2 is 1.91 bits per heavy atom. The van der Waals surface area contributed by atoms with Crippen molar-refractivity contribution in [3.63, 3.8) is 0 Å². The molecule has 5 nitrogen and oxygen atoms in total. The van der Waals surface area contributed by atoms with Gasteiger partial charge in [-0.1, -0.05) is 29.8 Å². The number of hydrogen-bond donors (Lipinski definition) is 0. The SMILES string of the molecule is CCN(CC)C(=O)COC(=O)c1cc(Cl)nc2ccccc12. The fourth-order valence-electron chi connectivity index (χ4n) is 2.18. The molecule has 1 aromatic heterocycles. The summed E-state index contributed by atoms with van der Waals surface area (Å²) < 4.78 is 5.12. The molecular weight excluding hydrogens is 304 g/mol. The van der Waals surface area contributed by atoms with Crippen molar-refractivity contribution in [3.8, 4) is 0 Å². The molecule has 1 amide bonds. The number of benzene rings is 1. The predicted molar refractivity (Wildman–Crippen MR) is 85.0 cm³/mol. The molecular formula is C16H17ClN2O3. The van der Waals surface area contributed by atoms with Crippen molar-refractivity contribution in [2.75, 3.05) is 19.7 Å². The van der Waals surface area contributed by atoms with Crippen molar-refractivity contribution in [3.05, 3.63) is 41.0 Å². The minimum atomic E-state index is -0.582. The van der Waals surface area contributed by atoms with Gasteiger partial charge in [-0.15, -0.1) is 0 Å². The van der Waals surface area contributed by atoms with Crippen molar-refractivity contribution < 1.29 is 14.3 Å². The predicted octanol–water partition coefficient (Wildman–Crippen LogP) is 2.91. The Balaban J connectivity index is 2.18. The van der Waals surface area contributed by atoms with E-state index in [0.29, 0.717) is 29.6 Å². The van der Waals surface area contributed by atoms with E-state index in [9.17, 15) is 9.59 Å². The van der Waals surface area contributed by atoms with E-state index in [1.54, 1.807) is 23.1 Å². The van der Waals surface area contributed by atoms with Crippen LogP contribution in [0.2, 0.25) is 5.15 Å². The number of para-hydroxylation sites is 1. The van der Waals surface area contributed by atoms with Gasteiger partial charge in [-0.25, -0.2) is 9.78 Å². The van der Waals surface area contributed by atoms with Crippen LogP contribution < -0.4 is 0 Å². The third-order valence-corrected chi connectivity index (χ3v) is 3.54. The van der Waals surface area contributed by atoms with Crippen LogP contribution >= 0.6 is 11.6 Å². The number of carbonyl (C=O) groups is 2. The highest BCUT2D eigenvalue weighted by Crippen LogP contribution is 2.21. The lowest BCUT2D eigenvalue weighted by Gasteiger charge is -2.18. The fourth-order valence-corrected chi connectivity index (χ4v) is 2.38. The van der Waals surface area contributed by atoms with E-state index in [1.807, 2.05) is 19.9 Å². The van der Waals surface area contributed by atoms with E-state index in [4.69, 9.17) is 16.3 Å². The third-order valence-electron chi connectivity index (χ3n) is 3.35. The minimum Gasteiger partial charge on any atom is -0.452 e. The summed E-state index contributed by atoms with van der Waals surface area (Å²) in [6, 6.07) is 8.59. The van der Waals surface area contributed by atoms with E-state index < -0.39 is 5.97 Å². The Labute approximate surface area is 133 Å². The zero-order valence-electron chi connectivity index (χ0n) is 12.5. The van der Waals surface area contributed by atoms with Crippen LogP contribution in [-0.2, 0) is 9.53 Å². The van der Waals surface area contributed by atoms with Crippen LogP contribution in [0, 0.1) is 0 Å². The highest BCUT2D eigenvalue weighted by atomic mass is 35.5. The lowest BCUT2D eigenvalue weighted by molar-refractivity contribution is -0.134. The van der Waals surface area contributed by atoms with Gasteiger partial charge in [-0.05, 0) is 26.0 Å². The van der Waals surface area contributed by atoms with Crippen molar-refractivity contribution in [2.24, 2.45) is 0 Å². The molecule has 0 N–H and O–H groups in total. The number of ether oxygens (including phenoxy) is 1. The van der Waals surface area contributed by atoms with Gasteiger partial charge < -0.3 is 9.64 Å². The van der Waals surface area contributed by atoms with Gasteiger partial charge >= 0.3 is 5.97 Å². The van der Waals surface area contributed by atoms with E-state index in [-0.39, 0.29) is 17.7 Å². The molecule has 1 heterocycles. The summed E-state index contributed by atoms with van der Waals surface area (Å²) in [6.07, 6.45) is 0. The van der Waals surface area contributed by atoms with E-state index >= 15 is 0 Å². The molecule has 0 fully saturated rings. The molecule has 2 aromatic rings. The normalized spacial score (nSPS) is 10.5. The molecule has 0 saturated carbocycles. The quantitative estimate of drug-likeness (QED) is 0.628. The number of esters is 1. The van der Waals surface area contributed by atoms with Crippen LogP contribution in [0.5, 0.6) is 0 Å². The highest BCUT2D eigenvalue weighted by molar-refractivity contribution is 6.30. The molecule has 0 spiro atoms. The average Bonchev–Trinajstić information content (AvgIpc) is 2.52. The number of amides is 1. The number of hydrogen-bond acceptors (Lipinski definition) is 4. The van der Waals surface area contributed by atoms with E-state index in [0.717, 1.165) is 0 Å². The monoisotopic (exact) mass is 320 g/mol. The van der Waals surface area contributed by atoms with Crippen molar-refractivity contribution in [1.82, 2.24) is 9.88 Å². The maximum absolute atomic E-state index is 12.2. The van der Waals surface area contributed by atoms with Gasteiger partial charge in [0.25, 0.3) is 5.91 Å². The number of nitrogens with zero attached hydrogens (tertiary/aromatic N) is 2. The van der Waals surface area contributed by atoms with Gasteiger partial charge in [-0.3, -0.25) is 4.79 Å². The summed E-state index contributed by atoms with van der Waals surface area (Å²) in [6.45, 7) is 4.63. The fraction of sp³-hybridized carbons (Fsp3) is 0.312. The van der Waals surface area contributed by atoms with Crippen LogP contribution in [0.4, 0.5) is 0 Å². The molecule has 0 unspecified atom stereocenters. The molecule has 22 heavy (non-hydrogen) atoms. The number of likely N-dealkylation sites (N-methyl/N-ethyl adjacent to an activating group) is 1. The first kappa shape index (κ1) is 16.2. The topological polar surface area (TPSA) is 59.5 Å². The molecule has 0 bridgehead atoms. The molecule has 0 aliphatic rings. The van der Waals surface area contributed by atoms with Crippen LogP contribution in [0.3, 0.4) is 0 Å². The minimum absolute atomic E-state index is 0.209. The number of rotatable bonds is 5. The maximum atomic E-state index is 12.2. The lowest BCUT2D eigenvalue weighted by atomic mass is 10.1. The summed E-state index contributed by atoms with van der Waals surface area (Å²) in [5.41, 5.74) is 0.917. The highest BCUT2D eigenvalue weighted by Gasteiger charge is 2.17. The van der Waals surface area contributed by atoms with Gasteiger partial charge in [0.1, 0.15) is 5.15 Å². The first-order chi connectivity index (χ1) is 10.6. The Morgan fingerprint density at radius 3 is 2.59 bits per heavy atom. The number of halogens is 1. The second-order valence-corrected chi connectivity index (χ2v) is 5.04. The summed E-state index contributed by atoms with van der Waals surface area (Å²) >= 11 is 5.93. The average molecular weight is 321 g/mol. The van der Waals surface area contributed by atoms with Gasteiger partial charge in [0.2, 0.25) is 0 Å². The first-order valence-electron chi connectivity index (χ1n) is 7.07. The lowest BCUT2D eigenvalue weighted by Crippen LogP contribution is -2.34. The number of carbonyl (C=O) groups excluding carboxylic acids is 2. The summed E-state index contributed by atoms with van der Waals surface area (Å²) in [5, 5.41) is 0.855. The van der Waals surface area contributed by atoms with Gasteiger partial charge in [0, 0.05) is 18.5 Å². The van der Waals surface area contributed by atoms with E-state index in [2.05, 4.69) is 4.98 Å². The molecule has 0 saturated heterocycles. The van der Waals surface area contributed by atoms with Crippen molar-refractivity contribution >= 4 is 34.4 Å². The molecule has 0 radical (unpaired) electrons. The zero-order valence-corrected chi connectivity index (χ0v) is 13.3. The van der Waals surface area contributed by atoms with Gasteiger partial charge in [0.15, 0.2) is 6.61 Å². The number of aromatic nitrogens is 1. The van der Waals surface area contributed by atoms with Crippen LogP contribution in [0.1, 0.15) is 24.2 Å². The van der Waals surface area contributed by atoms with Gasteiger partial charge in [-0.2, -0.15) is 0 Å². The Hall–Kier alpha value is -2.14. The summed E-state index contributed by atoms with van der Waals surface area (Å²) in [5.74, 6) is -0.802.